The highest BCUT2D eigenvalue weighted by molar-refractivity contribution is 6.46. The maximum atomic E-state index is 13.8. The van der Waals surface area contributed by atoms with E-state index in [0.29, 0.717) is 30.1 Å². The number of aromatic nitrogens is 2. The Morgan fingerprint density at radius 2 is 1.78 bits per heavy atom. The topological polar surface area (TPSA) is 82.2 Å². The van der Waals surface area contributed by atoms with E-state index in [2.05, 4.69) is 4.98 Å². The molecular weight excluding hydrogens is 404 g/mol. The first kappa shape index (κ1) is 21.8. The standard InChI is InChI=1S/C25H28N4O3/c1-15-8-10-18(11-9-15)21-19(23(31)25(32)29(21)14-13-27(4)5)22(30)20-17(3)26-24-16(2)7-6-12-28(20)24/h6-12,21,30H,13-14H2,1-5H3. The Morgan fingerprint density at radius 1 is 1.09 bits per heavy atom. The van der Waals surface area contributed by atoms with Crippen LogP contribution in [0.15, 0.2) is 48.2 Å². The Balaban J connectivity index is 1.94. The van der Waals surface area contributed by atoms with Crippen molar-refractivity contribution in [3.05, 3.63) is 76.2 Å². The third-order valence-electron chi connectivity index (χ3n) is 6.01. The van der Waals surface area contributed by atoms with Crippen LogP contribution in [0.4, 0.5) is 0 Å². The summed E-state index contributed by atoms with van der Waals surface area (Å²) in [6, 6.07) is 10.7. The van der Waals surface area contributed by atoms with Gasteiger partial charge < -0.3 is 19.3 Å². The molecule has 0 aliphatic carbocycles. The molecule has 32 heavy (non-hydrogen) atoms. The summed E-state index contributed by atoms with van der Waals surface area (Å²) < 4.78 is 1.72. The van der Waals surface area contributed by atoms with Crippen LogP contribution in [-0.2, 0) is 9.59 Å². The maximum absolute atomic E-state index is 13.8. The van der Waals surface area contributed by atoms with Crippen molar-refractivity contribution in [1.29, 1.82) is 0 Å². The first-order valence-corrected chi connectivity index (χ1v) is 10.8. The second-order valence-electron chi connectivity index (χ2n) is 8.77. The molecule has 0 saturated carbocycles. The summed E-state index contributed by atoms with van der Waals surface area (Å²) in [5.74, 6) is -1.79. The number of Topliss-reactive ketones (excluding diaryl/α,β-unsaturated/α-hetero) is 1. The van der Waals surface area contributed by atoms with Crippen LogP contribution in [0.1, 0.15) is 34.1 Å². The molecule has 7 heteroatoms. The number of nitrogens with zero attached hydrogens (tertiary/aromatic N) is 3. The second kappa shape index (κ2) is 8.24. The zero-order valence-electron chi connectivity index (χ0n) is 19.1. The van der Waals surface area contributed by atoms with Crippen molar-refractivity contribution in [1.82, 2.24) is 14.3 Å². The predicted molar refractivity (Wildman–Crippen MR) is 120 cm³/mol. The van der Waals surface area contributed by atoms with E-state index >= 15 is 0 Å². The van der Waals surface area contributed by atoms with E-state index in [1.54, 1.807) is 17.5 Å². The third-order valence-corrected chi connectivity index (χ3v) is 6.01. The van der Waals surface area contributed by atoms with Crippen molar-refractivity contribution >= 4 is 23.1 Å². The number of ketones is 1. The Kier molecular flexibility index (Phi) is 5.60. The number of hydrogen-bond donors (Lipinski definition) is 1. The SMILES string of the molecule is Cc1ccc(C2C(=C([O-])c3c(C)nc4c(C)cccn34)C(=O)C(=O)N2CC[NH+](C)C)cc1. The van der Waals surface area contributed by atoms with Crippen molar-refractivity contribution in [2.75, 3.05) is 27.2 Å². The summed E-state index contributed by atoms with van der Waals surface area (Å²) in [5, 5.41) is 13.8. The highest BCUT2D eigenvalue weighted by atomic mass is 16.3. The van der Waals surface area contributed by atoms with Gasteiger partial charge >= 0.3 is 0 Å². The van der Waals surface area contributed by atoms with E-state index in [4.69, 9.17) is 0 Å². The van der Waals surface area contributed by atoms with Crippen LogP contribution in [-0.4, -0.2) is 53.2 Å². The van der Waals surface area contributed by atoms with Crippen LogP contribution >= 0.6 is 0 Å². The Morgan fingerprint density at radius 3 is 2.44 bits per heavy atom. The third kappa shape index (κ3) is 3.58. The van der Waals surface area contributed by atoms with Crippen LogP contribution in [0, 0.1) is 20.8 Å². The van der Waals surface area contributed by atoms with Crippen LogP contribution in [0.5, 0.6) is 0 Å². The molecule has 4 rings (SSSR count). The van der Waals surface area contributed by atoms with Gasteiger partial charge in [-0.15, -0.1) is 0 Å². The quantitative estimate of drug-likeness (QED) is 0.364. The zero-order chi connectivity index (χ0) is 23.2. The maximum Gasteiger partial charge on any atom is 0.295 e. The molecule has 1 N–H and O–H groups in total. The minimum absolute atomic E-state index is 0.000912. The molecule has 1 saturated heterocycles. The molecule has 0 radical (unpaired) electrons. The van der Waals surface area contributed by atoms with Gasteiger partial charge in [0.25, 0.3) is 5.91 Å². The summed E-state index contributed by atoms with van der Waals surface area (Å²) in [4.78, 5) is 33.4. The summed E-state index contributed by atoms with van der Waals surface area (Å²) in [6.07, 6.45) is 1.77. The summed E-state index contributed by atoms with van der Waals surface area (Å²) in [7, 11) is 3.98. The molecule has 1 fully saturated rings. The molecule has 2 aromatic heterocycles. The number of benzene rings is 1. The van der Waals surface area contributed by atoms with Gasteiger partial charge in [-0.25, -0.2) is 4.98 Å². The van der Waals surface area contributed by atoms with Crippen LogP contribution in [0.25, 0.3) is 11.4 Å². The van der Waals surface area contributed by atoms with Crippen molar-refractivity contribution in [3.63, 3.8) is 0 Å². The molecule has 7 nitrogen and oxygen atoms in total. The molecule has 3 aromatic rings. The normalized spacial score (nSPS) is 18.3. The molecule has 0 spiro atoms. The van der Waals surface area contributed by atoms with E-state index in [1.165, 1.54) is 4.90 Å². The first-order valence-electron chi connectivity index (χ1n) is 10.8. The number of carbonyl (C=O) groups is 2. The fourth-order valence-corrected chi connectivity index (χ4v) is 4.26. The molecule has 3 heterocycles. The van der Waals surface area contributed by atoms with Crippen LogP contribution in [0.3, 0.4) is 0 Å². The van der Waals surface area contributed by atoms with Crippen LogP contribution < -0.4 is 10.0 Å². The molecule has 0 bridgehead atoms. The highest BCUT2D eigenvalue weighted by Gasteiger charge is 2.44. The van der Waals surface area contributed by atoms with Gasteiger partial charge in [-0.2, -0.15) is 0 Å². The number of likely N-dealkylation sites (tertiary alicyclic amines) is 1. The largest absolute Gasteiger partial charge is 0.871 e. The Hall–Kier alpha value is -3.45. The molecule has 1 aliphatic rings. The number of imidazole rings is 1. The number of carbonyl (C=O) groups excluding carboxylic acids is 2. The average Bonchev–Trinajstić information content (AvgIpc) is 3.21. The average molecular weight is 433 g/mol. The lowest BCUT2D eigenvalue weighted by molar-refractivity contribution is -0.857. The van der Waals surface area contributed by atoms with E-state index < -0.39 is 23.5 Å². The van der Waals surface area contributed by atoms with Gasteiger partial charge in [0.2, 0.25) is 5.78 Å². The van der Waals surface area contributed by atoms with Gasteiger partial charge in [0.15, 0.2) is 0 Å². The number of fused-ring (bicyclic) bond motifs is 1. The number of pyridine rings is 1. The Bertz CT molecular complexity index is 1240. The van der Waals surface area contributed by atoms with Gasteiger partial charge in [-0.05, 0) is 38.0 Å². The lowest BCUT2D eigenvalue weighted by Gasteiger charge is -2.27. The lowest BCUT2D eigenvalue weighted by Crippen LogP contribution is -3.06. The van der Waals surface area contributed by atoms with E-state index in [1.807, 2.05) is 64.3 Å². The summed E-state index contributed by atoms with van der Waals surface area (Å²) >= 11 is 0. The number of hydrogen-bond acceptors (Lipinski definition) is 4. The number of rotatable bonds is 5. The number of aryl methyl sites for hydroxylation is 3. The predicted octanol–water partition coefficient (Wildman–Crippen LogP) is 0.628. The molecule has 1 unspecified atom stereocenters. The zero-order valence-corrected chi connectivity index (χ0v) is 19.1. The highest BCUT2D eigenvalue weighted by Crippen LogP contribution is 2.39. The Labute approximate surface area is 187 Å². The number of nitrogens with one attached hydrogen (secondary N) is 1. The van der Waals surface area contributed by atoms with E-state index in [0.717, 1.165) is 21.6 Å². The molecule has 1 aliphatic heterocycles. The number of amides is 1. The summed E-state index contributed by atoms with van der Waals surface area (Å²) in [6.45, 7) is 6.70. The second-order valence-corrected chi connectivity index (χ2v) is 8.77. The number of likely N-dealkylation sites (N-methyl/N-ethyl adjacent to an activating group) is 1. The molecule has 1 amide bonds. The van der Waals surface area contributed by atoms with Crippen LogP contribution in [0.2, 0.25) is 0 Å². The monoisotopic (exact) mass is 432 g/mol. The molecular formula is C25H28N4O3. The minimum atomic E-state index is -0.726. The lowest BCUT2D eigenvalue weighted by atomic mass is 9.95. The van der Waals surface area contributed by atoms with E-state index in [-0.39, 0.29) is 5.57 Å². The van der Waals surface area contributed by atoms with Gasteiger partial charge in [-0.3, -0.25) is 9.59 Å². The summed E-state index contributed by atoms with van der Waals surface area (Å²) in [5.41, 5.74) is 4.29. The van der Waals surface area contributed by atoms with Crippen molar-refractivity contribution in [2.45, 2.75) is 26.8 Å². The van der Waals surface area contributed by atoms with Gasteiger partial charge in [-0.1, -0.05) is 41.7 Å². The molecule has 1 aromatic carbocycles. The fraction of sp³-hybridized carbons (Fsp3) is 0.320. The fourth-order valence-electron chi connectivity index (χ4n) is 4.26. The van der Waals surface area contributed by atoms with E-state index in [9.17, 15) is 14.7 Å². The minimum Gasteiger partial charge on any atom is -0.871 e. The number of quaternary nitrogens is 1. The molecule has 166 valence electrons. The van der Waals surface area contributed by atoms with Gasteiger partial charge in [0, 0.05) is 11.8 Å². The first-order chi connectivity index (χ1) is 15.2. The molecule has 1 atom stereocenters. The van der Waals surface area contributed by atoms with Crippen molar-refractivity contribution < 1.29 is 19.6 Å². The van der Waals surface area contributed by atoms with Crippen molar-refractivity contribution in [2.24, 2.45) is 0 Å². The smallest absolute Gasteiger partial charge is 0.295 e. The van der Waals surface area contributed by atoms with Crippen molar-refractivity contribution in [3.8, 4) is 0 Å². The van der Waals surface area contributed by atoms with Gasteiger partial charge in [0.05, 0.1) is 44.6 Å². The van der Waals surface area contributed by atoms with Gasteiger partial charge in [0.1, 0.15) is 5.65 Å².